The highest BCUT2D eigenvalue weighted by molar-refractivity contribution is 5.74. The summed E-state index contributed by atoms with van der Waals surface area (Å²) in [5.41, 5.74) is 0.922. The zero-order valence-corrected chi connectivity index (χ0v) is 18.4. The fourth-order valence-corrected chi connectivity index (χ4v) is 7.12. The van der Waals surface area contributed by atoms with Gasteiger partial charge in [-0.05, 0) is 72.5 Å². The molecule has 4 bridgehead atoms. The molecule has 7 rings (SSSR count). The van der Waals surface area contributed by atoms with Crippen molar-refractivity contribution in [1.82, 2.24) is 25.2 Å². The number of hydrogen-bond donors (Lipinski definition) is 1. The highest BCUT2D eigenvalue weighted by Gasteiger charge is 2.50. The number of rotatable bonds is 7. The van der Waals surface area contributed by atoms with Gasteiger partial charge in [0.25, 0.3) is 0 Å². The third-order valence-corrected chi connectivity index (χ3v) is 8.13. The average molecular weight is 428 g/mol. The maximum Gasteiger partial charge on any atom is 0.245 e. The minimum absolute atomic E-state index is 0.449. The molecular formula is C22H33N7O2. The van der Waals surface area contributed by atoms with Crippen molar-refractivity contribution < 1.29 is 9.37 Å². The molecule has 0 amide bonds. The van der Waals surface area contributed by atoms with Crippen molar-refractivity contribution in [3.8, 4) is 0 Å². The summed E-state index contributed by atoms with van der Waals surface area (Å²) in [6.07, 6.45) is 8.35. The molecule has 1 saturated heterocycles. The van der Waals surface area contributed by atoms with E-state index in [4.69, 9.17) is 14.3 Å². The van der Waals surface area contributed by atoms with Gasteiger partial charge in [-0.1, -0.05) is 0 Å². The summed E-state index contributed by atoms with van der Waals surface area (Å²) in [6, 6.07) is 0.815. The lowest BCUT2D eigenvalue weighted by Gasteiger charge is -2.58. The summed E-state index contributed by atoms with van der Waals surface area (Å²) >= 11 is 0. The van der Waals surface area contributed by atoms with Crippen molar-refractivity contribution in [3.05, 3.63) is 0 Å². The van der Waals surface area contributed by atoms with E-state index in [-0.39, 0.29) is 0 Å². The van der Waals surface area contributed by atoms with E-state index in [0.717, 1.165) is 80.5 Å². The van der Waals surface area contributed by atoms with Gasteiger partial charge in [0.2, 0.25) is 11.3 Å². The SMILES string of the molecule is COCCCNc1nc2nonc2nc1N1CCN(C2C3CC4CC(C3)CC2C4)CC1. The third-order valence-electron chi connectivity index (χ3n) is 8.13. The van der Waals surface area contributed by atoms with Gasteiger partial charge in [0.05, 0.1) is 0 Å². The summed E-state index contributed by atoms with van der Waals surface area (Å²) < 4.78 is 10.0. The lowest BCUT2D eigenvalue weighted by molar-refractivity contribution is -0.0665. The Bertz CT molecular complexity index is 882. The predicted octanol–water partition coefficient (Wildman–Crippen LogP) is 2.41. The molecule has 1 N–H and O–H groups in total. The van der Waals surface area contributed by atoms with Gasteiger partial charge in [-0.15, -0.1) is 0 Å². The number of anilines is 2. The molecule has 0 radical (unpaired) electrons. The van der Waals surface area contributed by atoms with Crippen molar-refractivity contribution in [2.24, 2.45) is 23.7 Å². The fraction of sp³-hybridized carbons (Fsp3) is 0.818. The smallest absolute Gasteiger partial charge is 0.245 e. The number of hydrogen-bond acceptors (Lipinski definition) is 9. The third kappa shape index (κ3) is 3.65. The second-order valence-electron chi connectivity index (χ2n) is 10.0. The topological polar surface area (TPSA) is 92.4 Å². The number of ether oxygens (including phenoxy) is 1. The van der Waals surface area contributed by atoms with Crippen molar-refractivity contribution in [2.75, 3.05) is 56.7 Å². The molecule has 4 aliphatic carbocycles. The van der Waals surface area contributed by atoms with Crippen LogP contribution in [0.25, 0.3) is 11.3 Å². The van der Waals surface area contributed by atoms with Crippen molar-refractivity contribution >= 4 is 22.9 Å². The van der Waals surface area contributed by atoms with Gasteiger partial charge in [-0.25, -0.2) is 14.6 Å². The average Bonchev–Trinajstić information content (AvgIpc) is 3.23. The Labute approximate surface area is 182 Å². The van der Waals surface area contributed by atoms with Crippen LogP contribution in [0.1, 0.15) is 38.5 Å². The maximum atomic E-state index is 5.16. The molecule has 0 spiro atoms. The van der Waals surface area contributed by atoms with E-state index in [1.165, 1.54) is 32.1 Å². The number of piperazine rings is 1. The fourth-order valence-electron chi connectivity index (χ4n) is 7.12. The molecule has 9 nitrogen and oxygen atoms in total. The highest BCUT2D eigenvalue weighted by Crippen LogP contribution is 2.55. The van der Waals surface area contributed by atoms with Crippen molar-refractivity contribution in [2.45, 2.75) is 44.6 Å². The zero-order valence-electron chi connectivity index (χ0n) is 18.4. The van der Waals surface area contributed by atoms with Gasteiger partial charge in [-0.2, -0.15) is 0 Å². The molecule has 4 saturated carbocycles. The molecule has 1 aliphatic heterocycles. The molecule has 0 aromatic carbocycles. The molecule has 0 atom stereocenters. The standard InChI is InChI=1S/C22H33N7O2/c1-30-8-2-3-23-21-22(25-20-19(24-21)26-31-27-20)29-6-4-28(5-7-29)18-16-10-14-9-15(12-16)13-17(18)11-14/h14-18H,2-13H2,1H3,(H,23,24,26). The Morgan fingerprint density at radius 3 is 2.29 bits per heavy atom. The van der Waals surface area contributed by atoms with Gasteiger partial charge in [0, 0.05) is 52.5 Å². The summed E-state index contributed by atoms with van der Waals surface area (Å²) in [6.45, 7) is 5.65. The van der Waals surface area contributed by atoms with E-state index in [1.54, 1.807) is 7.11 Å². The molecule has 168 valence electrons. The molecule has 9 heteroatoms. The van der Waals surface area contributed by atoms with Crippen LogP contribution in [0.15, 0.2) is 4.63 Å². The minimum Gasteiger partial charge on any atom is -0.385 e. The van der Waals surface area contributed by atoms with Crippen LogP contribution >= 0.6 is 0 Å². The Hall–Kier alpha value is -2.00. The normalized spacial score (nSPS) is 32.8. The van der Waals surface area contributed by atoms with Crippen molar-refractivity contribution in [1.29, 1.82) is 0 Å². The van der Waals surface area contributed by atoms with E-state index in [9.17, 15) is 0 Å². The quantitative estimate of drug-likeness (QED) is 0.669. The number of fused-ring (bicyclic) bond motifs is 1. The van der Waals surface area contributed by atoms with E-state index in [1.807, 2.05) is 0 Å². The lowest BCUT2D eigenvalue weighted by atomic mass is 9.54. The predicted molar refractivity (Wildman–Crippen MR) is 117 cm³/mol. The maximum absolute atomic E-state index is 5.16. The van der Waals surface area contributed by atoms with E-state index in [0.29, 0.717) is 17.9 Å². The first-order valence-corrected chi connectivity index (χ1v) is 12.0. The van der Waals surface area contributed by atoms with Crippen molar-refractivity contribution in [3.63, 3.8) is 0 Å². The number of aromatic nitrogens is 4. The Kier molecular flexibility index (Phi) is 5.18. The van der Waals surface area contributed by atoms with Gasteiger partial charge < -0.3 is 15.0 Å². The monoisotopic (exact) mass is 427 g/mol. The van der Waals surface area contributed by atoms with Crippen LogP contribution < -0.4 is 10.2 Å². The largest absolute Gasteiger partial charge is 0.385 e. The van der Waals surface area contributed by atoms with Crippen LogP contribution in [-0.4, -0.2) is 77.7 Å². The van der Waals surface area contributed by atoms with E-state index < -0.39 is 0 Å². The molecule has 0 unspecified atom stereocenters. The van der Waals surface area contributed by atoms with Crippen LogP contribution in [0.3, 0.4) is 0 Å². The Morgan fingerprint density at radius 1 is 0.935 bits per heavy atom. The lowest BCUT2D eigenvalue weighted by Crippen LogP contribution is -2.60. The van der Waals surface area contributed by atoms with Gasteiger partial charge in [0.15, 0.2) is 11.6 Å². The molecule has 2 aromatic heterocycles. The highest BCUT2D eigenvalue weighted by atomic mass is 16.6. The van der Waals surface area contributed by atoms with Crippen LogP contribution in [0.5, 0.6) is 0 Å². The van der Waals surface area contributed by atoms with Crippen LogP contribution in [0, 0.1) is 23.7 Å². The van der Waals surface area contributed by atoms with E-state index in [2.05, 4.69) is 30.4 Å². The number of nitrogens with zero attached hydrogens (tertiary/aromatic N) is 6. The van der Waals surface area contributed by atoms with Crippen LogP contribution in [0.2, 0.25) is 0 Å². The van der Waals surface area contributed by atoms with Gasteiger partial charge in [-0.3, -0.25) is 4.90 Å². The zero-order chi connectivity index (χ0) is 20.8. The van der Waals surface area contributed by atoms with Crippen LogP contribution in [-0.2, 0) is 4.74 Å². The van der Waals surface area contributed by atoms with Gasteiger partial charge >= 0.3 is 0 Å². The molecule has 3 heterocycles. The molecule has 5 fully saturated rings. The summed E-state index contributed by atoms with van der Waals surface area (Å²) in [4.78, 5) is 14.5. The first-order valence-electron chi connectivity index (χ1n) is 12.0. The summed E-state index contributed by atoms with van der Waals surface area (Å²) in [5.74, 6) is 5.58. The Balaban J connectivity index is 1.16. The second kappa shape index (κ2) is 8.16. The number of methoxy groups -OCH3 is 1. The first kappa shape index (κ1) is 19.7. The first-order chi connectivity index (χ1) is 15.3. The molecular weight excluding hydrogens is 394 g/mol. The summed E-state index contributed by atoms with van der Waals surface area (Å²) in [5, 5.41) is 11.2. The summed E-state index contributed by atoms with van der Waals surface area (Å²) in [7, 11) is 1.72. The van der Waals surface area contributed by atoms with Gasteiger partial charge in [0.1, 0.15) is 0 Å². The number of nitrogens with one attached hydrogen (secondary N) is 1. The molecule has 5 aliphatic rings. The minimum atomic E-state index is 0.449. The molecule has 31 heavy (non-hydrogen) atoms. The van der Waals surface area contributed by atoms with Crippen LogP contribution in [0.4, 0.5) is 11.6 Å². The molecule has 2 aromatic rings. The van der Waals surface area contributed by atoms with E-state index >= 15 is 0 Å². The Morgan fingerprint density at radius 2 is 1.61 bits per heavy atom. The second-order valence-corrected chi connectivity index (χ2v) is 10.0.